The molecule has 3 aromatic rings. The molecule has 0 bridgehead atoms. The SMILES string of the molecule is O=C(NCc1ccccc1)NC1COC2C(OC(=O)Nc3ccc(Oc4ccccc4)cc3)COC12. The zero-order chi connectivity index (χ0) is 24.7. The molecule has 2 aliphatic rings. The quantitative estimate of drug-likeness (QED) is 0.462. The third-order valence-corrected chi connectivity index (χ3v) is 5.96. The Morgan fingerprint density at radius 3 is 2.22 bits per heavy atom. The van der Waals surface area contributed by atoms with Crippen LogP contribution in [-0.2, 0) is 20.8 Å². The number of rotatable bonds is 7. The van der Waals surface area contributed by atoms with E-state index in [1.54, 1.807) is 24.3 Å². The molecular weight excluding hydrogens is 462 g/mol. The topological polar surface area (TPSA) is 107 Å². The second kappa shape index (κ2) is 11.1. The molecule has 3 N–H and O–H groups in total. The Morgan fingerprint density at radius 2 is 1.47 bits per heavy atom. The Bertz CT molecular complexity index is 1160. The van der Waals surface area contributed by atoms with Crippen LogP contribution in [0.4, 0.5) is 15.3 Å². The van der Waals surface area contributed by atoms with Crippen LogP contribution in [0.3, 0.4) is 0 Å². The lowest BCUT2D eigenvalue weighted by atomic mass is 10.1. The van der Waals surface area contributed by atoms with E-state index < -0.39 is 18.3 Å². The number of para-hydroxylation sites is 1. The Labute approximate surface area is 208 Å². The first-order valence-corrected chi connectivity index (χ1v) is 11.8. The molecule has 0 aromatic heterocycles. The summed E-state index contributed by atoms with van der Waals surface area (Å²) >= 11 is 0. The molecular formula is C27H27N3O6. The molecule has 0 radical (unpaired) electrons. The monoisotopic (exact) mass is 489 g/mol. The number of hydrogen-bond donors (Lipinski definition) is 3. The summed E-state index contributed by atoms with van der Waals surface area (Å²) in [7, 11) is 0. The maximum Gasteiger partial charge on any atom is 0.412 e. The van der Waals surface area contributed by atoms with Crippen molar-refractivity contribution in [1.29, 1.82) is 0 Å². The summed E-state index contributed by atoms with van der Waals surface area (Å²) < 4.78 is 22.9. The van der Waals surface area contributed by atoms with Crippen molar-refractivity contribution in [2.24, 2.45) is 0 Å². The van der Waals surface area contributed by atoms with Gasteiger partial charge in [-0.15, -0.1) is 0 Å². The average molecular weight is 490 g/mol. The standard InChI is InChI=1S/C27H27N3O6/c31-26(28-15-18-7-3-1-4-8-18)30-22-16-33-25-23(17-34-24(22)25)36-27(32)29-19-11-13-21(14-12-19)35-20-9-5-2-6-10-20/h1-14,22-25H,15-17H2,(H,29,32)(H2,28,30,31). The van der Waals surface area contributed by atoms with Crippen molar-refractivity contribution in [3.63, 3.8) is 0 Å². The molecule has 3 amide bonds. The minimum atomic E-state index is -0.610. The van der Waals surface area contributed by atoms with Crippen molar-refractivity contribution in [3.05, 3.63) is 90.5 Å². The summed E-state index contributed by atoms with van der Waals surface area (Å²) in [5, 5.41) is 8.43. The van der Waals surface area contributed by atoms with Crippen LogP contribution in [0.1, 0.15) is 5.56 Å². The number of benzene rings is 3. The zero-order valence-corrected chi connectivity index (χ0v) is 19.5. The number of carbonyl (C=O) groups is 2. The van der Waals surface area contributed by atoms with Crippen molar-refractivity contribution in [3.8, 4) is 11.5 Å². The molecule has 186 valence electrons. The van der Waals surface area contributed by atoms with Gasteiger partial charge in [0.25, 0.3) is 0 Å². The first-order chi connectivity index (χ1) is 17.6. The van der Waals surface area contributed by atoms with Gasteiger partial charge in [-0.3, -0.25) is 5.32 Å². The smallest absolute Gasteiger partial charge is 0.412 e. The summed E-state index contributed by atoms with van der Waals surface area (Å²) in [4.78, 5) is 24.8. The van der Waals surface area contributed by atoms with Gasteiger partial charge in [-0.25, -0.2) is 9.59 Å². The molecule has 3 aromatic carbocycles. The molecule has 0 aliphatic carbocycles. The molecule has 2 heterocycles. The molecule has 9 nitrogen and oxygen atoms in total. The van der Waals surface area contributed by atoms with E-state index in [2.05, 4.69) is 16.0 Å². The molecule has 2 aliphatic heterocycles. The van der Waals surface area contributed by atoms with E-state index in [1.165, 1.54) is 0 Å². The highest BCUT2D eigenvalue weighted by Crippen LogP contribution is 2.29. The van der Waals surface area contributed by atoms with Crippen LogP contribution >= 0.6 is 0 Å². The Kier molecular flexibility index (Phi) is 7.30. The molecule has 4 atom stereocenters. The number of hydrogen-bond acceptors (Lipinski definition) is 6. The van der Waals surface area contributed by atoms with Crippen LogP contribution < -0.4 is 20.7 Å². The summed E-state index contributed by atoms with van der Waals surface area (Å²) in [6.45, 7) is 0.884. The van der Waals surface area contributed by atoms with Gasteiger partial charge >= 0.3 is 12.1 Å². The third kappa shape index (κ3) is 5.94. The van der Waals surface area contributed by atoms with Gasteiger partial charge in [-0.05, 0) is 42.0 Å². The van der Waals surface area contributed by atoms with Gasteiger partial charge in [0.1, 0.15) is 23.7 Å². The number of urea groups is 1. The van der Waals surface area contributed by atoms with Crippen molar-refractivity contribution in [2.75, 3.05) is 18.5 Å². The van der Waals surface area contributed by atoms with E-state index >= 15 is 0 Å². The predicted molar refractivity (Wildman–Crippen MR) is 132 cm³/mol. The second-order valence-corrected chi connectivity index (χ2v) is 8.52. The number of fused-ring (bicyclic) bond motifs is 1. The lowest BCUT2D eigenvalue weighted by Gasteiger charge is -2.18. The van der Waals surface area contributed by atoms with E-state index in [4.69, 9.17) is 18.9 Å². The molecule has 0 saturated carbocycles. The largest absolute Gasteiger partial charge is 0.457 e. The maximum absolute atomic E-state index is 12.5. The highest BCUT2D eigenvalue weighted by atomic mass is 16.6. The van der Waals surface area contributed by atoms with Crippen LogP contribution in [0.5, 0.6) is 11.5 Å². The van der Waals surface area contributed by atoms with Crippen molar-refractivity contribution < 1.29 is 28.5 Å². The fourth-order valence-corrected chi connectivity index (χ4v) is 4.20. The lowest BCUT2D eigenvalue weighted by molar-refractivity contribution is 0.00872. The summed E-state index contributed by atoms with van der Waals surface area (Å²) in [5.41, 5.74) is 1.57. The number of anilines is 1. The third-order valence-electron chi connectivity index (χ3n) is 5.96. The van der Waals surface area contributed by atoms with E-state index in [0.29, 0.717) is 18.0 Å². The van der Waals surface area contributed by atoms with E-state index in [9.17, 15) is 9.59 Å². The summed E-state index contributed by atoms with van der Waals surface area (Å²) in [6.07, 6.45) is -2.02. The van der Waals surface area contributed by atoms with Crippen molar-refractivity contribution in [1.82, 2.24) is 10.6 Å². The van der Waals surface area contributed by atoms with Crippen molar-refractivity contribution in [2.45, 2.75) is 30.9 Å². The molecule has 5 rings (SSSR count). The number of ether oxygens (including phenoxy) is 4. The van der Waals surface area contributed by atoms with Crippen LogP contribution in [0, 0.1) is 0 Å². The van der Waals surface area contributed by atoms with Crippen molar-refractivity contribution >= 4 is 17.8 Å². The highest BCUT2D eigenvalue weighted by Gasteiger charge is 2.50. The molecule has 0 spiro atoms. The molecule has 9 heteroatoms. The van der Waals surface area contributed by atoms with Gasteiger partial charge in [-0.1, -0.05) is 48.5 Å². The summed E-state index contributed by atoms with van der Waals surface area (Å²) in [6, 6.07) is 25.4. The minimum absolute atomic E-state index is 0.191. The Balaban J connectivity index is 1.07. The zero-order valence-electron chi connectivity index (χ0n) is 19.5. The highest BCUT2D eigenvalue weighted by molar-refractivity contribution is 5.84. The molecule has 2 fully saturated rings. The van der Waals surface area contributed by atoms with Crippen LogP contribution in [0.15, 0.2) is 84.9 Å². The van der Waals surface area contributed by atoms with Gasteiger partial charge in [0, 0.05) is 12.2 Å². The van der Waals surface area contributed by atoms with Gasteiger partial charge in [0.05, 0.1) is 19.3 Å². The van der Waals surface area contributed by atoms with Crippen LogP contribution in [-0.4, -0.2) is 49.7 Å². The van der Waals surface area contributed by atoms with Crippen LogP contribution in [0.2, 0.25) is 0 Å². The van der Waals surface area contributed by atoms with E-state index in [0.717, 1.165) is 11.3 Å². The van der Waals surface area contributed by atoms with Gasteiger partial charge in [0.15, 0.2) is 6.10 Å². The van der Waals surface area contributed by atoms with Gasteiger partial charge in [-0.2, -0.15) is 0 Å². The van der Waals surface area contributed by atoms with E-state index in [1.807, 2.05) is 60.7 Å². The predicted octanol–water partition coefficient (Wildman–Crippen LogP) is 4.06. The fourth-order valence-electron chi connectivity index (χ4n) is 4.20. The summed E-state index contributed by atoms with van der Waals surface area (Å²) in [5.74, 6) is 1.38. The number of carbonyl (C=O) groups excluding carboxylic acids is 2. The maximum atomic E-state index is 12.5. The number of amides is 3. The van der Waals surface area contributed by atoms with E-state index in [-0.39, 0.29) is 31.4 Å². The molecule has 2 saturated heterocycles. The first-order valence-electron chi connectivity index (χ1n) is 11.8. The first kappa shape index (κ1) is 23.7. The van der Waals surface area contributed by atoms with Gasteiger partial charge < -0.3 is 29.6 Å². The average Bonchev–Trinajstić information content (AvgIpc) is 3.48. The lowest BCUT2D eigenvalue weighted by Crippen LogP contribution is -2.48. The minimum Gasteiger partial charge on any atom is -0.457 e. The normalized spacial score (nSPS) is 22.3. The fraction of sp³-hybridized carbons (Fsp3) is 0.259. The molecule has 4 unspecified atom stereocenters. The van der Waals surface area contributed by atoms with Crippen LogP contribution in [0.25, 0.3) is 0 Å². The van der Waals surface area contributed by atoms with Gasteiger partial charge in [0.2, 0.25) is 0 Å². The molecule has 36 heavy (non-hydrogen) atoms. The Morgan fingerprint density at radius 1 is 0.806 bits per heavy atom. The Hall–Kier alpha value is -4.08. The number of nitrogens with one attached hydrogen (secondary N) is 3. The second-order valence-electron chi connectivity index (χ2n) is 8.52.